The van der Waals surface area contributed by atoms with Crippen LogP contribution in [0.2, 0.25) is 0 Å². The second kappa shape index (κ2) is 6.50. The molecule has 98 valence electrons. The second-order valence-electron chi connectivity index (χ2n) is 4.10. The predicted octanol–water partition coefficient (Wildman–Crippen LogP) is 3.82. The smallest absolute Gasteiger partial charge is 0.0853 e. The summed E-state index contributed by atoms with van der Waals surface area (Å²) in [6.07, 6.45) is 2.98. The van der Waals surface area contributed by atoms with E-state index in [0.717, 1.165) is 19.5 Å². The van der Waals surface area contributed by atoms with Crippen molar-refractivity contribution in [2.45, 2.75) is 32.9 Å². The van der Waals surface area contributed by atoms with Crippen LogP contribution in [0.3, 0.4) is 0 Å². The third-order valence-corrected chi connectivity index (χ3v) is 4.73. The highest BCUT2D eigenvalue weighted by molar-refractivity contribution is 9.10. The Labute approximate surface area is 120 Å². The van der Waals surface area contributed by atoms with Gasteiger partial charge in [0, 0.05) is 22.1 Å². The number of aryl methyl sites for hydroxylation is 1. The van der Waals surface area contributed by atoms with Crippen LogP contribution in [0.25, 0.3) is 0 Å². The lowest BCUT2D eigenvalue weighted by molar-refractivity contribution is 0.523. The molecule has 0 aliphatic rings. The summed E-state index contributed by atoms with van der Waals surface area (Å²) < 4.78 is 3.27. The number of nitrogens with one attached hydrogen (secondary N) is 1. The zero-order chi connectivity index (χ0) is 13.0. The van der Waals surface area contributed by atoms with E-state index >= 15 is 0 Å². The van der Waals surface area contributed by atoms with Crippen molar-refractivity contribution >= 4 is 27.3 Å². The fourth-order valence-corrected chi connectivity index (χ4v) is 3.72. The van der Waals surface area contributed by atoms with Crippen LogP contribution in [-0.2, 0) is 6.54 Å². The van der Waals surface area contributed by atoms with Gasteiger partial charge in [-0.2, -0.15) is 5.10 Å². The molecule has 18 heavy (non-hydrogen) atoms. The van der Waals surface area contributed by atoms with Crippen molar-refractivity contribution in [3.05, 3.63) is 38.8 Å². The van der Waals surface area contributed by atoms with Gasteiger partial charge in [0.15, 0.2) is 0 Å². The molecule has 1 atom stereocenters. The molecule has 0 aliphatic heterocycles. The number of hydrogen-bond donors (Lipinski definition) is 1. The number of thiophene rings is 1. The van der Waals surface area contributed by atoms with Crippen LogP contribution in [0.4, 0.5) is 0 Å². The van der Waals surface area contributed by atoms with E-state index in [2.05, 4.69) is 62.4 Å². The van der Waals surface area contributed by atoms with Gasteiger partial charge in [-0.25, -0.2) is 0 Å². The fraction of sp³-hybridized carbons (Fsp3) is 0.462. The lowest BCUT2D eigenvalue weighted by Crippen LogP contribution is -2.24. The van der Waals surface area contributed by atoms with Crippen LogP contribution in [0.5, 0.6) is 0 Å². The van der Waals surface area contributed by atoms with Gasteiger partial charge in [-0.3, -0.25) is 4.68 Å². The molecule has 0 aliphatic carbocycles. The van der Waals surface area contributed by atoms with E-state index in [-0.39, 0.29) is 6.04 Å². The molecule has 0 spiro atoms. The maximum absolute atomic E-state index is 4.41. The molecule has 0 saturated heterocycles. The average Bonchev–Trinajstić information content (AvgIpc) is 2.96. The maximum atomic E-state index is 4.41. The van der Waals surface area contributed by atoms with Crippen LogP contribution in [0, 0.1) is 0 Å². The van der Waals surface area contributed by atoms with E-state index in [4.69, 9.17) is 0 Å². The minimum absolute atomic E-state index is 0.221. The van der Waals surface area contributed by atoms with E-state index in [1.54, 1.807) is 11.3 Å². The predicted molar refractivity (Wildman–Crippen MR) is 80.1 cm³/mol. The average molecular weight is 328 g/mol. The van der Waals surface area contributed by atoms with Gasteiger partial charge in [0.2, 0.25) is 0 Å². The molecule has 0 radical (unpaired) electrons. The highest BCUT2D eigenvalue weighted by Gasteiger charge is 2.20. The Morgan fingerprint density at radius 1 is 1.44 bits per heavy atom. The first kappa shape index (κ1) is 13.8. The molecule has 1 unspecified atom stereocenters. The maximum Gasteiger partial charge on any atom is 0.0853 e. The monoisotopic (exact) mass is 327 g/mol. The third-order valence-electron chi connectivity index (χ3n) is 2.80. The van der Waals surface area contributed by atoms with Gasteiger partial charge in [-0.05, 0) is 46.4 Å². The summed E-state index contributed by atoms with van der Waals surface area (Å²) in [5, 5.41) is 10.1. The number of halogens is 1. The Morgan fingerprint density at radius 2 is 2.28 bits per heavy atom. The number of nitrogens with zero attached hydrogens (tertiary/aromatic N) is 2. The molecule has 1 N–H and O–H groups in total. The molecule has 3 nitrogen and oxygen atoms in total. The van der Waals surface area contributed by atoms with Gasteiger partial charge in [0.1, 0.15) is 0 Å². The molecule has 0 amide bonds. The largest absolute Gasteiger partial charge is 0.305 e. The summed E-state index contributed by atoms with van der Waals surface area (Å²) in [5.74, 6) is 0. The van der Waals surface area contributed by atoms with Gasteiger partial charge in [-0.1, -0.05) is 13.8 Å². The molecular formula is C13H18BrN3S. The summed E-state index contributed by atoms with van der Waals surface area (Å²) in [6.45, 7) is 6.21. The molecule has 0 bridgehead atoms. The van der Waals surface area contributed by atoms with Crippen LogP contribution in [0.1, 0.15) is 36.9 Å². The second-order valence-corrected chi connectivity index (χ2v) is 5.90. The van der Waals surface area contributed by atoms with E-state index in [1.165, 1.54) is 15.0 Å². The molecule has 0 saturated carbocycles. The minimum atomic E-state index is 0.221. The molecule has 2 rings (SSSR count). The first-order valence-corrected chi connectivity index (χ1v) is 7.93. The van der Waals surface area contributed by atoms with Crippen molar-refractivity contribution in [1.29, 1.82) is 0 Å². The van der Waals surface area contributed by atoms with Gasteiger partial charge in [-0.15, -0.1) is 11.3 Å². The molecule has 0 aromatic carbocycles. The van der Waals surface area contributed by atoms with Crippen LogP contribution in [-0.4, -0.2) is 16.3 Å². The number of rotatable bonds is 6. The molecular weight excluding hydrogens is 310 g/mol. The fourth-order valence-electron chi connectivity index (χ4n) is 2.03. The van der Waals surface area contributed by atoms with E-state index < -0.39 is 0 Å². The van der Waals surface area contributed by atoms with Crippen LogP contribution in [0.15, 0.2) is 28.2 Å². The first-order chi connectivity index (χ1) is 8.77. The van der Waals surface area contributed by atoms with Crippen molar-refractivity contribution in [2.24, 2.45) is 0 Å². The van der Waals surface area contributed by atoms with Crippen molar-refractivity contribution in [1.82, 2.24) is 15.1 Å². The Hall–Kier alpha value is -0.650. The zero-order valence-electron chi connectivity index (χ0n) is 10.7. The normalized spacial score (nSPS) is 12.8. The van der Waals surface area contributed by atoms with E-state index in [0.29, 0.717) is 0 Å². The molecule has 5 heteroatoms. The lowest BCUT2D eigenvalue weighted by Gasteiger charge is -2.18. The van der Waals surface area contributed by atoms with Crippen LogP contribution >= 0.6 is 27.3 Å². The van der Waals surface area contributed by atoms with Gasteiger partial charge in [0.05, 0.1) is 11.7 Å². The Kier molecular flexibility index (Phi) is 4.97. The Bertz CT molecular complexity index is 492. The number of aromatic nitrogens is 2. The molecule has 2 aromatic rings. The SMILES string of the molecule is CCCn1nccc1C(NCC)c1sccc1Br. The van der Waals surface area contributed by atoms with Gasteiger partial charge in [0.25, 0.3) is 0 Å². The van der Waals surface area contributed by atoms with Crippen LogP contribution < -0.4 is 5.32 Å². The van der Waals surface area contributed by atoms with Gasteiger partial charge >= 0.3 is 0 Å². The quantitative estimate of drug-likeness (QED) is 0.874. The van der Waals surface area contributed by atoms with Crippen molar-refractivity contribution in [3.8, 4) is 0 Å². The zero-order valence-corrected chi connectivity index (χ0v) is 13.1. The standard InChI is InChI=1S/C13H18BrN3S/c1-3-8-17-11(5-7-16-17)12(15-4-2)13-10(14)6-9-18-13/h5-7,9,12,15H,3-4,8H2,1-2H3. The topological polar surface area (TPSA) is 29.9 Å². The highest BCUT2D eigenvalue weighted by atomic mass is 79.9. The Morgan fingerprint density at radius 3 is 2.89 bits per heavy atom. The molecule has 0 fully saturated rings. The summed E-state index contributed by atoms with van der Waals surface area (Å²) in [5.41, 5.74) is 1.24. The summed E-state index contributed by atoms with van der Waals surface area (Å²) >= 11 is 5.40. The molecule has 2 aromatic heterocycles. The Balaban J connectivity index is 2.35. The first-order valence-electron chi connectivity index (χ1n) is 6.25. The van der Waals surface area contributed by atoms with Crippen molar-refractivity contribution < 1.29 is 0 Å². The van der Waals surface area contributed by atoms with Crippen molar-refractivity contribution in [2.75, 3.05) is 6.54 Å². The lowest BCUT2D eigenvalue weighted by atomic mass is 10.1. The summed E-state index contributed by atoms with van der Waals surface area (Å²) in [7, 11) is 0. The van der Waals surface area contributed by atoms with Crippen molar-refractivity contribution in [3.63, 3.8) is 0 Å². The summed E-state index contributed by atoms with van der Waals surface area (Å²) in [6, 6.07) is 4.43. The third kappa shape index (κ3) is 2.84. The molecule has 2 heterocycles. The van der Waals surface area contributed by atoms with E-state index in [1.807, 2.05) is 6.20 Å². The minimum Gasteiger partial charge on any atom is -0.305 e. The van der Waals surface area contributed by atoms with Gasteiger partial charge < -0.3 is 5.32 Å². The number of hydrogen-bond acceptors (Lipinski definition) is 3. The van der Waals surface area contributed by atoms with E-state index in [9.17, 15) is 0 Å². The highest BCUT2D eigenvalue weighted by Crippen LogP contribution is 2.33. The summed E-state index contributed by atoms with van der Waals surface area (Å²) in [4.78, 5) is 1.31.